The lowest BCUT2D eigenvalue weighted by molar-refractivity contribution is -0.149. The summed E-state index contributed by atoms with van der Waals surface area (Å²) in [5.74, 6) is -1.08. The van der Waals surface area contributed by atoms with Crippen molar-refractivity contribution in [3.05, 3.63) is 59.7 Å². The van der Waals surface area contributed by atoms with Crippen LogP contribution in [-0.4, -0.2) is 67.0 Å². The van der Waals surface area contributed by atoms with Gasteiger partial charge < -0.3 is 25.2 Å². The molecule has 3 N–H and O–H groups in total. The average Bonchev–Trinajstić information content (AvgIpc) is 3.47. The predicted molar refractivity (Wildman–Crippen MR) is 133 cm³/mol. The molecule has 0 bridgehead atoms. The molecule has 1 aliphatic carbocycles. The Hall–Kier alpha value is -3.04. The number of carbonyl (C=O) groups excluding carboxylic acids is 2. The van der Waals surface area contributed by atoms with Gasteiger partial charge in [-0.2, -0.15) is 11.8 Å². The number of hydrogen-bond acceptors (Lipinski definition) is 6. The van der Waals surface area contributed by atoms with Crippen molar-refractivity contribution in [1.82, 2.24) is 10.6 Å². The third kappa shape index (κ3) is 5.79. The highest BCUT2D eigenvalue weighted by Crippen LogP contribution is 2.44. The van der Waals surface area contributed by atoms with E-state index in [9.17, 15) is 19.5 Å². The summed E-state index contributed by atoms with van der Waals surface area (Å²) >= 11 is 1.57. The number of amides is 2. The van der Waals surface area contributed by atoms with E-state index in [0.29, 0.717) is 25.2 Å². The Morgan fingerprint density at radius 1 is 1.11 bits per heavy atom. The number of fused-ring (bicyclic) bond motifs is 3. The molecule has 0 spiro atoms. The van der Waals surface area contributed by atoms with E-state index in [0.717, 1.165) is 22.3 Å². The smallest absolute Gasteiger partial charge is 0.407 e. The number of ether oxygens (including phenoxy) is 2. The van der Waals surface area contributed by atoms with Gasteiger partial charge in [0.1, 0.15) is 12.6 Å². The maximum Gasteiger partial charge on any atom is 0.407 e. The Kier molecular flexibility index (Phi) is 8.30. The second-order valence-corrected chi connectivity index (χ2v) is 9.71. The summed E-state index contributed by atoms with van der Waals surface area (Å²) in [5, 5.41) is 14.7. The van der Waals surface area contributed by atoms with E-state index in [1.54, 1.807) is 11.8 Å². The van der Waals surface area contributed by atoms with Gasteiger partial charge in [-0.15, -0.1) is 0 Å². The molecule has 1 aliphatic heterocycles. The summed E-state index contributed by atoms with van der Waals surface area (Å²) in [4.78, 5) is 36.8. The Morgan fingerprint density at radius 2 is 1.77 bits per heavy atom. The first kappa shape index (κ1) is 25.1. The molecule has 8 nitrogen and oxygen atoms in total. The van der Waals surface area contributed by atoms with Crippen molar-refractivity contribution in [2.75, 3.05) is 31.8 Å². The first-order valence-electron chi connectivity index (χ1n) is 11.7. The molecular weight excluding hydrogens is 468 g/mol. The molecule has 0 radical (unpaired) electrons. The molecular formula is C26H30N2O6S. The third-order valence-corrected chi connectivity index (χ3v) is 7.20. The Bertz CT molecular complexity index is 1030. The quantitative estimate of drug-likeness (QED) is 0.461. The fraction of sp³-hybridized carbons (Fsp3) is 0.423. The van der Waals surface area contributed by atoms with Crippen molar-refractivity contribution in [3.63, 3.8) is 0 Å². The largest absolute Gasteiger partial charge is 0.479 e. The molecule has 0 saturated carbocycles. The van der Waals surface area contributed by atoms with Crippen LogP contribution in [0.25, 0.3) is 11.1 Å². The minimum atomic E-state index is -1.03. The Morgan fingerprint density at radius 3 is 2.40 bits per heavy atom. The van der Waals surface area contributed by atoms with Crippen molar-refractivity contribution in [3.8, 4) is 11.1 Å². The number of hydrogen-bond donors (Lipinski definition) is 3. The molecule has 0 unspecified atom stereocenters. The van der Waals surface area contributed by atoms with Crippen molar-refractivity contribution >= 4 is 29.7 Å². The first-order valence-corrected chi connectivity index (χ1v) is 13.1. The highest BCUT2D eigenvalue weighted by molar-refractivity contribution is 7.98. The van der Waals surface area contributed by atoms with Gasteiger partial charge in [-0.05, 0) is 47.1 Å². The zero-order valence-corrected chi connectivity index (χ0v) is 20.4. The molecule has 0 aromatic heterocycles. The molecule has 2 aromatic carbocycles. The van der Waals surface area contributed by atoms with Crippen LogP contribution >= 0.6 is 11.8 Å². The molecule has 3 atom stereocenters. The van der Waals surface area contributed by atoms with E-state index in [-0.39, 0.29) is 30.9 Å². The van der Waals surface area contributed by atoms with Crippen LogP contribution in [0.1, 0.15) is 29.9 Å². The van der Waals surface area contributed by atoms with Crippen LogP contribution in [0, 0.1) is 5.92 Å². The number of aliphatic carboxylic acids is 1. The van der Waals surface area contributed by atoms with E-state index in [1.165, 1.54) is 0 Å². The Balaban J connectivity index is 1.35. The second kappa shape index (κ2) is 11.6. The lowest BCUT2D eigenvalue weighted by Crippen LogP contribution is -2.49. The summed E-state index contributed by atoms with van der Waals surface area (Å²) in [6, 6.07) is 15.4. The second-order valence-electron chi connectivity index (χ2n) is 8.73. The third-order valence-electron chi connectivity index (χ3n) is 6.56. The molecule has 1 fully saturated rings. The highest BCUT2D eigenvalue weighted by Gasteiger charge is 2.35. The predicted octanol–water partition coefficient (Wildman–Crippen LogP) is 3.25. The number of rotatable bonds is 10. The van der Waals surface area contributed by atoms with Crippen LogP contribution in [0.15, 0.2) is 48.5 Å². The summed E-state index contributed by atoms with van der Waals surface area (Å²) in [6.07, 6.45) is 1.35. The molecule has 2 amide bonds. The number of nitrogens with one attached hydrogen (secondary N) is 2. The molecule has 2 aliphatic rings. The van der Waals surface area contributed by atoms with E-state index < -0.39 is 24.2 Å². The molecule has 2 aromatic rings. The van der Waals surface area contributed by atoms with Gasteiger partial charge in [0.25, 0.3) is 0 Å². The number of carboxylic acids is 1. The van der Waals surface area contributed by atoms with E-state index in [4.69, 9.17) is 9.47 Å². The topological polar surface area (TPSA) is 114 Å². The minimum Gasteiger partial charge on any atom is -0.479 e. The zero-order chi connectivity index (χ0) is 24.8. The van der Waals surface area contributed by atoms with Crippen LogP contribution in [0.3, 0.4) is 0 Å². The zero-order valence-electron chi connectivity index (χ0n) is 19.6. The van der Waals surface area contributed by atoms with Crippen LogP contribution in [0.5, 0.6) is 0 Å². The molecule has 1 heterocycles. The number of alkyl carbamates (subject to hydrolysis) is 1. The summed E-state index contributed by atoms with van der Waals surface area (Å²) in [7, 11) is 0. The van der Waals surface area contributed by atoms with Crippen LogP contribution in [-0.2, 0) is 19.1 Å². The van der Waals surface area contributed by atoms with Gasteiger partial charge in [-0.3, -0.25) is 4.79 Å². The summed E-state index contributed by atoms with van der Waals surface area (Å²) < 4.78 is 10.8. The Labute approximate surface area is 208 Å². The van der Waals surface area contributed by atoms with Crippen LogP contribution in [0.2, 0.25) is 0 Å². The van der Waals surface area contributed by atoms with Gasteiger partial charge in [-0.25, -0.2) is 9.59 Å². The summed E-state index contributed by atoms with van der Waals surface area (Å²) in [6.45, 7) is 0.694. The average molecular weight is 499 g/mol. The molecule has 35 heavy (non-hydrogen) atoms. The minimum absolute atomic E-state index is 0.0676. The van der Waals surface area contributed by atoms with Crippen molar-refractivity contribution in [2.45, 2.75) is 30.9 Å². The first-order chi connectivity index (χ1) is 17.0. The highest BCUT2D eigenvalue weighted by atomic mass is 32.2. The van der Waals surface area contributed by atoms with Crippen LogP contribution < -0.4 is 10.6 Å². The normalized spacial score (nSPS) is 19.5. The molecule has 9 heteroatoms. The lowest BCUT2D eigenvalue weighted by atomic mass is 9.98. The fourth-order valence-electron chi connectivity index (χ4n) is 4.76. The van der Waals surface area contributed by atoms with E-state index >= 15 is 0 Å². The van der Waals surface area contributed by atoms with Gasteiger partial charge in [0.05, 0.1) is 0 Å². The SMILES string of the molecule is CSCC[C@@H](NC(=O)OCC1c2ccccc2-c2ccccc21)C(=O)NC[C@H]1CCO[C@H]1C(=O)O. The maximum absolute atomic E-state index is 12.8. The monoisotopic (exact) mass is 498 g/mol. The maximum atomic E-state index is 12.8. The van der Waals surface area contributed by atoms with Gasteiger partial charge in [0, 0.05) is 25.0 Å². The molecule has 186 valence electrons. The van der Waals surface area contributed by atoms with Gasteiger partial charge in [0.15, 0.2) is 6.10 Å². The summed E-state index contributed by atoms with van der Waals surface area (Å²) in [5.41, 5.74) is 4.52. The molecule has 1 saturated heterocycles. The molecule has 4 rings (SSSR count). The number of carbonyl (C=O) groups is 3. The van der Waals surface area contributed by atoms with Crippen molar-refractivity contribution in [2.24, 2.45) is 5.92 Å². The van der Waals surface area contributed by atoms with Gasteiger partial charge in [0.2, 0.25) is 5.91 Å². The van der Waals surface area contributed by atoms with E-state index in [2.05, 4.69) is 22.8 Å². The van der Waals surface area contributed by atoms with E-state index in [1.807, 2.05) is 42.7 Å². The number of thioether (sulfide) groups is 1. The number of carboxylic acid groups (broad SMARTS) is 1. The fourth-order valence-corrected chi connectivity index (χ4v) is 5.23. The lowest BCUT2D eigenvalue weighted by Gasteiger charge is -2.21. The van der Waals surface area contributed by atoms with Crippen molar-refractivity contribution < 1.29 is 29.0 Å². The van der Waals surface area contributed by atoms with Gasteiger partial charge in [-0.1, -0.05) is 48.5 Å². The van der Waals surface area contributed by atoms with Gasteiger partial charge >= 0.3 is 12.1 Å². The van der Waals surface area contributed by atoms with Crippen LogP contribution in [0.4, 0.5) is 4.79 Å². The van der Waals surface area contributed by atoms with Crippen molar-refractivity contribution in [1.29, 1.82) is 0 Å². The standard InChI is InChI=1S/C26H30N2O6S/c1-35-13-11-22(24(29)27-14-16-10-12-33-23(16)25(30)31)28-26(32)34-15-21-19-8-4-2-6-17(19)18-7-3-5-9-20(18)21/h2-9,16,21-23H,10-15H2,1H3,(H,27,29)(H,28,32)(H,30,31)/t16-,22-,23-/m1/s1. The number of benzene rings is 2.